The second kappa shape index (κ2) is 11.8. The average Bonchev–Trinajstić information content (AvgIpc) is 2.89. The minimum Gasteiger partial charge on any atom is -0.325 e. The van der Waals surface area contributed by atoms with Crippen LogP contribution in [0.2, 0.25) is 10.0 Å². The number of hydrogen-bond acceptors (Lipinski definition) is 4. The number of sulfonamides is 1. The van der Waals surface area contributed by atoms with Gasteiger partial charge in [-0.2, -0.15) is 0 Å². The van der Waals surface area contributed by atoms with Crippen molar-refractivity contribution in [1.29, 1.82) is 0 Å². The van der Waals surface area contributed by atoms with Crippen molar-refractivity contribution in [2.75, 3.05) is 16.2 Å². The van der Waals surface area contributed by atoms with Crippen molar-refractivity contribution in [2.45, 2.75) is 15.5 Å². The van der Waals surface area contributed by atoms with Crippen molar-refractivity contribution in [2.24, 2.45) is 0 Å². The Hall–Kier alpha value is -2.97. The molecule has 0 radical (unpaired) electrons. The highest BCUT2D eigenvalue weighted by molar-refractivity contribution is 7.98. The van der Waals surface area contributed by atoms with E-state index in [-0.39, 0.29) is 15.6 Å². The lowest BCUT2D eigenvalue weighted by molar-refractivity contribution is -0.114. The molecule has 0 unspecified atom stereocenters. The number of nitrogens with one attached hydrogen (secondary N) is 1. The van der Waals surface area contributed by atoms with E-state index in [9.17, 15) is 13.2 Å². The Bertz CT molecular complexity index is 1430. The van der Waals surface area contributed by atoms with Gasteiger partial charge < -0.3 is 5.32 Å². The Labute approximate surface area is 225 Å². The van der Waals surface area contributed by atoms with Gasteiger partial charge in [0.15, 0.2) is 0 Å². The van der Waals surface area contributed by atoms with Crippen molar-refractivity contribution in [3.05, 3.63) is 119 Å². The highest BCUT2D eigenvalue weighted by Crippen LogP contribution is 2.33. The van der Waals surface area contributed by atoms with Crippen molar-refractivity contribution < 1.29 is 13.2 Å². The third kappa shape index (κ3) is 6.62. The van der Waals surface area contributed by atoms with E-state index in [4.69, 9.17) is 23.2 Å². The van der Waals surface area contributed by atoms with Crippen LogP contribution in [-0.4, -0.2) is 20.9 Å². The van der Waals surface area contributed by atoms with Crippen LogP contribution in [-0.2, 0) is 20.6 Å². The van der Waals surface area contributed by atoms with E-state index in [0.29, 0.717) is 10.7 Å². The number of anilines is 2. The molecule has 4 aromatic carbocycles. The molecular weight excluding hydrogens is 535 g/mol. The number of amides is 1. The minimum absolute atomic E-state index is 0.0362. The summed E-state index contributed by atoms with van der Waals surface area (Å²) in [7, 11) is -4.09. The second-order valence-corrected chi connectivity index (χ2v) is 11.5. The summed E-state index contributed by atoms with van der Waals surface area (Å²) >= 11 is 14.2. The zero-order chi connectivity index (χ0) is 25.5. The Balaban J connectivity index is 1.50. The van der Waals surface area contributed by atoms with Crippen molar-refractivity contribution in [3.63, 3.8) is 0 Å². The van der Waals surface area contributed by atoms with Crippen molar-refractivity contribution in [1.82, 2.24) is 0 Å². The van der Waals surface area contributed by atoms with E-state index in [1.807, 2.05) is 30.3 Å². The van der Waals surface area contributed by atoms with Gasteiger partial charge in [-0.1, -0.05) is 71.7 Å². The number of thioether (sulfide) groups is 1. The maximum Gasteiger partial charge on any atom is 0.264 e. The van der Waals surface area contributed by atoms with Gasteiger partial charge in [-0.3, -0.25) is 9.10 Å². The van der Waals surface area contributed by atoms with Gasteiger partial charge in [0.2, 0.25) is 5.91 Å². The molecule has 1 N–H and O–H groups in total. The van der Waals surface area contributed by atoms with Crippen molar-refractivity contribution in [3.8, 4) is 0 Å². The van der Waals surface area contributed by atoms with Gasteiger partial charge in [0, 0.05) is 21.4 Å². The second-order valence-electron chi connectivity index (χ2n) is 7.77. The molecule has 0 atom stereocenters. The molecule has 4 aromatic rings. The van der Waals surface area contributed by atoms with Crippen LogP contribution in [0.25, 0.3) is 0 Å². The number of halogens is 2. The lowest BCUT2D eigenvalue weighted by atomic mass is 10.2. The van der Waals surface area contributed by atoms with Crippen LogP contribution < -0.4 is 9.62 Å². The Kier molecular flexibility index (Phi) is 8.59. The Morgan fingerprint density at radius 1 is 0.833 bits per heavy atom. The molecule has 0 aliphatic carbocycles. The van der Waals surface area contributed by atoms with Crippen LogP contribution in [0.1, 0.15) is 5.56 Å². The third-order valence-corrected chi connectivity index (χ3v) is 8.59. The predicted molar refractivity (Wildman–Crippen MR) is 149 cm³/mol. The van der Waals surface area contributed by atoms with Gasteiger partial charge in [0.1, 0.15) is 6.54 Å². The SMILES string of the molecule is O=C(CN(c1cc(Cl)ccc1Cl)S(=O)(=O)c1ccccc1)Nc1ccc(CSc2ccccc2)cc1. The summed E-state index contributed by atoms with van der Waals surface area (Å²) in [6.45, 7) is -0.483. The first kappa shape index (κ1) is 26.1. The molecule has 4 rings (SSSR count). The maximum atomic E-state index is 13.5. The van der Waals surface area contributed by atoms with Crippen LogP contribution in [0.4, 0.5) is 11.4 Å². The normalized spacial score (nSPS) is 11.2. The van der Waals surface area contributed by atoms with Crippen LogP contribution in [0, 0.1) is 0 Å². The summed E-state index contributed by atoms with van der Waals surface area (Å²) in [5.74, 6) is 0.270. The maximum absolute atomic E-state index is 13.5. The smallest absolute Gasteiger partial charge is 0.264 e. The molecule has 0 aliphatic heterocycles. The summed E-state index contributed by atoms with van der Waals surface area (Å²) in [5, 5.41) is 3.23. The fourth-order valence-corrected chi connectivity index (χ4v) is 6.16. The molecule has 0 spiro atoms. The van der Waals surface area contributed by atoms with Crippen LogP contribution in [0.3, 0.4) is 0 Å². The van der Waals surface area contributed by atoms with Crippen LogP contribution >= 0.6 is 35.0 Å². The molecule has 0 aliphatic rings. The quantitative estimate of drug-likeness (QED) is 0.223. The minimum atomic E-state index is -4.09. The lowest BCUT2D eigenvalue weighted by Gasteiger charge is -2.25. The number of benzene rings is 4. The van der Waals surface area contributed by atoms with Crippen LogP contribution in [0.5, 0.6) is 0 Å². The molecule has 184 valence electrons. The van der Waals surface area contributed by atoms with Gasteiger partial charge in [0.05, 0.1) is 15.6 Å². The first-order valence-corrected chi connectivity index (χ1v) is 14.1. The average molecular weight is 558 g/mol. The molecule has 9 heteroatoms. The van der Waals surface area contributed by atoms with Crippen molar-refractivity contribution >= 4 is 62.3 Å². The first-order chi connectivity index (χ1) is 17.3. The van der Waals surface area contributed by atoms with Gasteiger partial charge >= 0.3 is 0 Å². The molecule has 0 aromatic heterocycles. The summed E-state index contributed by atoms with van der Waals surface area (Å²) in [6.07, 6.45) is 0. The van der Waals surface area contributed by atoms with Gasteiger partial charge in [-0.05, 0) is 60.2 Å². The zero-order valence-electron chi connectivity index (χ0n) is 19.0. The molecular formula is C27H22Cl2N2O3S2. The van der Waals surface area contributed by atoms with E-state index in [2.05, 4.69) is 17.4 Å². The monoisotopic (exact) mass is 556 g/mol. The number of carbonyl (C=O) groups excluding carboxylic acids is 1. The summed E-state index contributed by atoms with van der Waals surface area (Å²) in [4.78, 5) is 14.2. The highest BCUT2D eigenvalue weighted by Gasteiger charge is 2.29. The first-order valence-electron chi connectivity index (χ1n) is 10.9. The molecule has 0 heterocycles. The van der Waals surface area contributed by atoms with E-state index in [1.165, 1.54) is 29.2 Å². The lowest BCUT2D eigenvalue weighted by Crippen LogP contribution is -2.38. The van der Waals surface area contributed by atoms with Crippen LogP contribution in [0.15, 0.2) is 113 Å². The summed E-state index contributed by atoms with van der Waals surface area (Å²) in [6, 6.07) is 29.9. The van der Waals surface area contributed by atoms with E-state index >= 15 is 0 Å². The Morgan fingerprint density at radius 3 is 2.14 bits per heavy atom. The van der Waals surface area contributed by atoms with Gasteiger partial charge in [-0.25, -0.2) is 8.42 Å². The largest absolute Gasteiger partial charge is 0.325 e. The molecule has 0 bridgehead atoms. The molecule has 36 heavy (non-hydrogen) atoms. The Morgan fingerprint density at radius 2 is 1.47 bits per heavy atom. The molecule has 0 saturated carbocycles. The topological polar surface area (TPSA) is 66.5 Å². The number of nitrogens with zero attached hydrogens (tertiary/aromatic N) is 1. The fourth-order valence-electron chi connectivity index (χ4n) is 3.39. The van der Waals surface area contributed by atoms with E-state index < -0.39 is 22.5 Å². The number of hydrogen-bond donors (Lipinski definition) is 1. The van der Waals surface area contributed by atoms with E-state index in [1.54, 1.807) is 48.2 Å². The fraction of sp³-hybridized carbons (Fsp3) is 0.0741. The molecule has 1 amide bonds. The van der Waals surface area contributed by atoms with Gasteiger partial charge in [0.25, 0.3) is 10.0 Å². The summed E-state index contributed by atoms with van der Waals surface area (Å²) < 4.78 is 27.9. The van der Waals surface area contributed by atoms with E-state index in [0.717, 1.165) is 15.6 Å². The van der Waals surface area contributed by atoms with Gasteiger partial charge in [-0.15, -0.1) is 11.8 Å². The summed E-state index contributed by atoms with van der Waals surface area (Å²) in [5.41, 5.74) is 1.78. The number of rotatable bonds is 9. The standard InChI is InChI=1S/C27H22Cl2N2O3S2/c28-21-13-16-25(29)26(17-21)31(36(33,34)24-9-5-2-6-10-24)18-27(32)30-22-14-11-20(12-15-22)19-35-23-7-3-1-4-8-23/h1-17H,18-19H2,(H,30,32). The number of carbonyl (C=O) groups is 1. The molecule has 5 nitrogen and oxygen atoms in total. The molecule has 0 fully saturated rings. The third-order valence-electron chi connectivity index (χ3n) is 5.18. The molecule has 0 saturated heterocycles. The zero-order valence-corrected chi connectivity index (χ0v) is 22.1. The predicted octanol–water partition coefficient (Wildman–Crippen LogP) is 7.12. The highest BCUT2D eigenvalue weighted by atomic mass is 35.5.